The maximum absolute atomic E-state index is 12.1. The van der Waals surface area contributed by atoms with Crippen molar-refractivity contribution in [2.45, 2.75) is 13.3 Å². The van der Waals surface area contributed by atoms with Crippen molar-refractivity contribution in [2.75, 3.05) is 6.54 Å². The van der Waals surface area contributed by atoms with Gasteiger partial charge in [0.15, 0.2) is 0 Å². The summed E-state index contributed by atoms with van der Waals surface area (Å²) >= 11 is 0. The Kier molecular flexibility index (Phi) is 4.47. The van der Waals surface area contributed by atoms with Gasteiger partial charge in [-0.2, -0.15) is 0 Å². The van der Waals surface area contributed by atoms with Crippen LogP contribution >= 0.6 is 0 Å². The number of nitrogens with one attached hydrogen (secondary N) is 1. The predicted octanol–water partition coefficient (Wildman–Crippen LogP) is 2.55. The normalized spacial score (nSPS) is 10.5. The van der Waals surface area contributed by atoms with E-state index < -0.39 is 0 Å². The zero-order chi connectivity index (χ0) is 16.1. The molecule has 3 aromatic rings. The van der Waals surface area contributed by atoms with E-state index in [2.05, 4.69) is 34.3 Å². The molecule has 5 heteroatoms. The van der Waals surface area contributed by atoms with Crippen LogP contribution in [0.2, 0.25) is 0 Å². The number of benzene rings is 1. The number of rotatable bonds is 5. The lowest BCUT2D eigenvalue weighted by Gasteiger charge is -2.08. The van der Waals surface area contributed by atoms with Crippen LogP contribution < -0.4 is 5.32 Å². The molecular weight excluding hydrogens is 288 g/mol. The van der Waals surface area contributed by atoms with Crippen LogP contribution in [0.1, 0.15) is 21.5 Å². The molecule has 3 rings (SSSR count). The predicted molar refractivity (Wildman–Crippen MR) is 88.6 cm³/mol. The summed E-state index contributed by atoms with van der Waals surface area (Å²) in [6.07, 6.45) is 7.57. The van der Waals surface area contributed by atoms with Gasteiger partial charge in [0, 0.05) is 25.1 Å². The first kappa shape index (κ1) is 15.0. The molecule has 0 atom stereocenters. The highest BCUT2D eigenvalue weighted by Crippen LogP contribution is 2.08. The lowest BCUT2D eigenvalue weighted by Crippen LogP contribution is -2.26. The maximum atomic E-state index is 12.1. The van der Waals surface area contributed by atoms with E-state index >= 15 is 0 Å². The molecule has 0 saturated heterocycles. The second kappa shape index (κ2) is 6.87. The number of pyridine rings is 1. The van der Waals surface area contributed by atoms with Crippen molar-refractivity contribution in [2.24, 2.45) is 0 Å². The zero-order valence-corrected chi connectivity index (χ0v) is 12.9. The molecule has 0 radical (unpaired) electrons. The van der Waals surface area contributed by atoms with E-state index in [0.29, 0.717) is 12.1 Å². The number of amides is 1. The molecule has 0 aliphatic heterocycles. The first-order chi connectivity index (χ1) is 11.2. The summed E-state index contributed by atoms with van der Waals surface area (Å²) in [4.78, 5) is 20.4. The molecule has 5 nitrogen and oxygen atoms in total. The fourth-order valence-corrected chi connectivity index (χ4v) is 2.37. The smallest absolute Gasteiger partial charge is 0.252 e. The maximum Gasteiger partial charge on any atom is 0.252 e. The standard InChI is InChI=1S/C18H18N4O/c1-14-4-2-3-5-15(14)8-9-20-18(23)16-6-7-17(21-12-16)22-11-10-19-13-22/h2-7,10-13H,8-9H2,1H3,(H,20,23). The fraction of sp³-hybridized carbons (Fsp3) is 0.167. The average Bonchev–Trinajstić information content (AvgIpc) is 3.11. The van der Waals surface area contributed by atoms with Crippen LogP contribution in [0, 0.1) is 6.92 Å². The van der Waals surface area contributed by atoms with Crippen LogP contribution in [-0.4, -0.2) is 27.0 Å². The molecule has 2 heterocycles. The molecule has 0 spiro atoms. The van der Waals surface area contributed by atoms with E-state index in [1.807, 2.05) is 18.3 Å². The fourth-order valence-electron chi connectivity index (χ4n) is 2.37. The highest BCUT2D eigenvalue weighted by Gasteiger charge is 2.06. The molecular formula is C18H18N4O. The lowest BCUT2D eigenvalue weighted by atomic mass is 10.1. The number of hydrogen-bond acceptors (Lipinski definition) is 3. The molecule has 0 aliphatic carbocycles. The van der Waals surface area contributed by atoms with Gasteiger partial charge < -0.3 is 5.32 Å². The van der Waals surface area contributed by atoms with Gasteiger partial charge in [0.2, 0.25) is 0 Å². The molecule has 0 bridgehead atoms. The van der Waals surface area contributed by atoms with E-state index in [1.54, 1.807) is 35.4 Å². The Morgan fingerprint density at radius 1 is 1.22 bits per heavy atom. The second-order valence-electron chi connectivity index (χ2n) is 5.31. The summed E-state index contributed by atoms with van der Waals surface area (Å²) in [5.74, 6) is 0.627. The number of imidazole rings is 1. The van der Waals surface area contributed by atoms with Crippen molar-refractivity contribution in [1.82, 2.24) is 19.9 Å². The molecule has 2 aromatic heterocycles. The summed E-state index contributed by atoms with van der Waals surface area (Å²) < 4.78 is 1.79. The molecule has 116 valence electrons. The molecule has 1 amide bonds. The van der Waals surface area contributed by atoms with Gasteiger partial charge in [0.25, 0.3) is 5.91 Å². The van der Waals surface area contributed by atoms with Crippen LogP contribution in [0.15, 0.2) is 61.3 Å². The van der Waals surface area contributed by atoms with Crippen molar-refractivity contribution >= 4 is 5.91 Å². The number of aryl methyl sites for hydroxylation is 1. The average molecular weight is 306 g/mol. The third kappa shape index (κ3) is 3.63. The number of aromatic nitrogens is 3. The van der Waals surface area contributed by atoms with E-state index in [4.69, 9.17) is 0 Å². The SMILES string of the molecule is Cc1ccccc1CCNC(=O)c1ccc(-n2ccnc2)nc1. The van der Waals surface area contributed by atoms with Crippen LogP contribution in [0.25, 0.3) is 5.82 Å². The van der Waals surface area contributed by atoms with Gasteiger partial charge in [-0.15, -0.1) is 0 Å². The van der Waals surface area contributed by atoms with Crippen molar-refractivity contribution in [3.8, 4) is 5.82 Å². The molecule has 0 aliphatic rings. The Bertz CT molecular complexity index is 779. The van der Waals surface area contributed by atoms with Crippen molar-refractivity contribution in [3.63, 3.8) is 0 Å². The van der Waals surface area contributed by atoms with Crippen molar-refractivity contribution in [1.29, 1.82) is 0 Å². The third-order valence-corrected chi connectivity index (χ3v) is 3.72. The first-order valence-corrected chi connectivity index (χ1v) is 7.51. The summed E-state index contributed by atoms with van der Waals surface area (Å²) in [7, 11) is 0. The van der Waals surface area contributed by atoms with Crippen LogP contribution in [0.4, 0.5) is 0 Å². The summed E-state index contributed by atoms with van der Waals surface area (Å²) in [6, 6.07) is 11.8. The Hall–Kier alpha value is -2.95. The minimum absolute atomic E-state index is 0.108. The Morgan fingerprint density at radius 2 is 2.09 bits per heavy atom. The van der Waals surface area contributed by atoms with E-state index in [-0.39, 0.29) is 5.91 Å². The zero-order valence-electron chi connectivity index (χ0n) is 12.9. The quantitative estimate of drug-likeness (QED) is 0.788. The van der Waals surface area contributed by atoms with Gasteiger partial charge in [-0.25, -0.2) is 9.97 Å². The van der Waals surface area contributed by atoms with Crippen LogP contribution in [0.3, 0.4) is 0 Å². The number of hydrogen-bond donors (Lipinski definition) is 1. The Balaban J connectivity index is 1.57. The van der Waals surface area contributed by atoms with Gasteiger partial charge in [-0.05, 0) is 36.6 Å². The molecule has 1 aromatic carbocycles. The van der Waals surface area contributed by atoms with E-state index in [9.17, 15) is 4.79 Å². The van der Waals surface area contributed by atoms with Gasteiger partial charge in [-0.3, -0.25) is 9.36 Å². The highest BCUT2D eigenvalue weighted by molar-refractivity contribution is 5.93. The monoisotopic (exact) mass is 306 g/mol. The van der Waals surface area contributed by atoms with Crippen LogP contribution in [-0.2, 0) is 6.42 Å². The summed E-state index contributed by atoms with van der Waals surface area (Å²) in [5, 5.41) is 2.93. The number of carbonyl (C=O) groups is 1. The largest absolute Gasteiger partial charge is 0.352 e. The second-order valence-corrected chi connectivity index (χ2v) is 5.31. The van der Waals surface area contributed by atoms with Gasteiger partial charge in [0.1, 0.15) is 12.1 Å². The van der Waals surface area contributed by atoms with E-state index in [1.165, 1.54) is 11.1 Å². The molecule has 0 saturated carbocycles. The Morgan fingerprint density at radius 3 is 2.78 bits per heavy atom. The third-order valence-electron chi connectivity index (χ3n) is 3.72. The minimum Gasteiger partial charge on any atom is -0.352 e. The minimum atomic E-state index is -0.108. The van der Waals surface area contributed by atoms with Gasteiger partial charge >= 0.3 is 0 Å². The molecule has 23 heavy (non-hydrogen) atoms. The van der Waals surface area contributed by atoms with E-state index in [0.717, 1.165) is 12.2 Å². The van der Waals surface area contributed by atoms with Crippen LogP contribution in [0.5, 0.6) is 0 Å². The first-order valence-electron chi connectivity index (χ1n) is 7.51. The summed E-state index contributed by atoms with van der Waals surface area (Å²) in [6.45, 7) is 2.68. The highest BCUT2D eigenvalue weighted by atomic mass is 16.1. The molecule has 0 unspecified atom stereocenters. The van der Waals surface area contributed by atoms with Gasteiger partial charge in [-0.1, -0.05) is 24.3 Å². The summed E-state index contributed by atoms with van der Waals surface area (Å²) in [5.41, 5.74) is 3.05. The molecule has 0 fully saturated rings. The topological polar surface area (TPSA) is 59.8 Å². The van der Waals surface area contributed by atoms with Gasteiger partial charge in [0.05, 0.1) is 5.56 Å². The number of nitrogens with zero attached hydrogens (tertiary/aromatic N) is 3. The van der Waals surface area contributed by atoms with Crippen molar-refractivity contribution < 1.29 is 4.79 Å². The number of carbonyl (C=O) groups excluding carboxylic acids is 1. The lowest BCUT2D eigenvalue weighted by molar-refractivity contribution is 0.0954. The molecule has 1 N–H and O–H groups in total. The Labute approximate surface area is 135 Å². The van der Waals surface area contributed by atoms with Crippen molar-refractivity contribution in [3.05, 3.63) is 78.0 Å².